The van der Waals surface area contributed by atoms with E-state index in [2.05, 4.69) is 0 Å². The van der Waals surface area contributed by atoms with Crippen molar-refractivity contribution in [2.24, 2.45) is 5.92 Å². The Morgan fingerprint density at radius 3 is 2.63 bits per heavy atom. The van der Waals surface area contributed by atoms with Crippen molar-refractivity contribution >= 4 is 5.69 Å². The molecule has 1 aromatic carbocycles. The number of alkyl halides is 3. The van der Waals surface area contributed by atoms with Crippen LogP contribution in [-0.2, 0) is 6.61 Å². The Bertz CT molecular complexity index is 447. The number of piperidine rings is 1. The van der Waals surface area contributed by atoms with Gasteiger partial charge < -0.3 is 10.0 Å². The van der Waals surface area contributed by atoms with Gasteiger partial charge in [0, 0.05) is 13.1 Å². The summed E-state index contributed by atoms with van der Waals surface area (Å²) in [6.45, 7) is -0.0801. The Morgan fingerprint density at radius 2 is 2.05 bits per heavy atom. The van der Waals surface area contributed by atoms with E-state index in [1.54, 1.807) is 0 Å². The highest BCUT2D eigenvalue weighted by Crippen LogP contribution is 2.35. The smallest absolute Gasteiger partial charge is 0.392 e. The molecule has 2 rings (SSSR count). The van der Waals surface area contributed by atoms with Gasteiger partial charge in [0.1, 0.15) is 5.82 Å². The van der Waals surface area contributed by atoms with Crippen molar-refractivity contribution in [1.29, 1.82) is 0 Å². The van der Waals surface area contributed by atoms with E-state index < -0.39 is 17.9 Å². The Balaban J connectivity index is 2.17. The van der Waals surface area contributed by atoms with Crippen LogP contribution in [0.2, 0.25) is 0 Å². The van der Waals surface area contributed by atoms with Crippen LogP contribution < -0.4 is 4.90 Å². The maximum Gasteiger partial charge on any atom is 0.393 e. The molecule has 1 heterocycles. The molecule has 0 bridgehead atoms. The number of halogens is 4. The highest BCUT2D eigenvalue weighted by molar-refractivity contribution is 5.49. The largest absolute Gasteiger partial charge is 0.393 e. The first-order chi connectivity index (χ1) is 8.91. The molecule has 1 aromatic rings. The zero-order valence-corrected chi connectivity index (χ0v) is 10.3. The Labute approximate surface area is 108 Å². The summed E-state index contributed by atoms with van der Waals surface area (Å²) in [6.07, 6.45) is -3.75. The van der Waals surface area contributed by atoms with E-state index in [0.717, 1.165) is 6.07 Å². The van der Waals surface area contributed by atoms with Gasteiger partial charge in [-0.3, -0.25) is 0 Å². The molecule has 0 saturated carbocycles. The maximum atomic E-state index is 13.8. The maximum absolute atomic E-state index is 13.8. The second-order valence-electron chi connectivity index (χ2n) is 4.77. The van der Waals surface area contributed by atoms with Gasteiger partial charge in [0.25, 0.3) is 0 Å². The van der Waals surface area contributed by atoms with Gasteiger partial charge in [0.2, 0.25) is 0 Å². The number of hydrogen-bond acceptors (Lipinski definition) is 2. The summed E-state index contributed by atoms with van der Waals surface area (Å²) in [7, 11) is 0. The fraction of sp³-hybridized carbons (Fsp3) is 0.538. The number of rotatable bonds is 2. The minimum absolute atomic E-state index is 0.0936. The van der Waals surface area contributed by atoms with Gasteiger partial charge in [0.05, 0.1) is 18.2 Å². The van der Waals surface area contributed by atoms with Crippen LogP contribution in [0, 0.1) is 11.7 Å². The Kier molecular flexibility index (Phi) is 3.99. The van der Waals surface area contributed by atoms with E-state index in [1.165, 1.54) is 17.0 Å². The molecule has 1 fully saturated rings. The van der Waals surface area contributed by atoms with Gasteiger partial charge in [-0.1, -0.05) is 6.07 Å². The number of hydrogen-bond donors (Lipinski definition) is 1. The third kappa shape index (κ3) is 3.18. The highest BCUT2D eigenvalue weighted by atomic mass is 19.4. The molecule has 0 aromatic heterocycles. The first kappa shape index (κ1) is 14.1. The van der Waals surface area contributed by atoms with Gasteiger partial charge in [-0.05, 0) is 30.5 Å². The number of aliphatic hydroxyl groups is 1. The van der Waals surface area contributed by atoms with Crippen LogP contribution in [0.15, 0.2) is 18.2 Å². The molecule has 1 aliphatic heterocycles. The predicted molar refractivity (Wildman–Crippen MR) is 63.3 cm³/mol. The number of anilines is 1. The van der Waals surface area contributed by atoms with Crippen LogP contribution in [0.5, 0.6) is 0 Å². The molecule has 1 unspecified atom stereocenters. The summed E-state index contributed by atoms with van der Waals surface area (Å²) in [4.78, 5) is 1.43. The lowest BCUT2D eigenvalue weighted by Gasteiger charge is -2.35. The molecular formula is C13H15F4NO. The van der Waals surface area contributed by atoms with E-state index in [9.17, 15) is 17.6 Å². The van der Waals surface area contributed by atoms with Crippen molar-refractivity contribution in [2.45, 2.75) is 25.6 Å². The van der Waals surface area contributed by atoms with Crippen molar-refractivity contribution in [3.8, 4) is 0 Å². The molecule has 1 N–H and O–H groups in total. The van der Waals surface area contributed by atoms with E-state index in [1.807, 2.05) is 0 Å². The van der Waals surface area contributed by atoms with Gasteiger partial charge >= 0.3 is 6.18 Å². The monoisotopic (exact) mass is 277 g/mol. The summed E-state index contributed by atoms with van der Waals surface area (Å²) in [5.74, 6) is -1.99. The topological polar surface area (TPSA) is 23.5 Å². The van der Waals surface area contributed by atoms with E-state index in [0.29, 0.717) is 18.5 Å². The van der Waals surface area contributed by atoms with Crippen LogP contribution >= 0.6 is 0 Å². The zero-order chi connectivity index (χ0) is 14.0. The SMILES string of the molecule is OCc1ccc(N2CCCC(C(F)(F)F)C2)c(F)c1. The van der Waals surface area contributed by atoms with Gasteiger partial charge in [-0.15, -0.1) is 0 Å². The molecule has 0 aliphatic carbocycles. The molecule has 1 atom stereocenters. The van der Waals surface area contributed by atoms with Crippen molar-refractivity contribution in [3.05, 3.63) is 29.6 Å². The normalized spacial score (nSPS) is 20.7. The van der Waals surface area contributed by atoms with Crippen LogP contribution in [-0.4, -0.2) is 24.4 Å². The predicted octanol–water partition coefficient (Wildman–Crippen LogP) is 3.10. The molecule has 1 saturated heterocycles. The van der Waals surface area contributed by atoms with Crippen molar-refractivity contribution < 1.29 is 22.7 Å². The fourth-order valence-corrected chi connectivity index (χ4v) is 2.37. The second-order valence-corrected chi connectivity index (χ2v) is 4.77. The summed E-state index contributed by atoms with van der Waals surface area (Å²) in [6, 6.07) is 4.11. The summed E-state index contributed by atoms with van der Waals surface area (Å²) in [5, 5.41) is 8.88. The fourth-order valence-electron chi connectivity index (χ4n) is 2.37. The molecular weight excluding hydrogens is 262 g/mol. The lowest BCUT2D eigenvalue weighted by molar-refractivity contribution is -0.176. The average molecular weight is 277 g/mol. The Morgan fingerprint density at radius 1 is 1.32 bits per heavy atom. The summed E-state index contributed by atoms with van der Waals surface area (Å²) in [5.41, 5.74) is 0.580. The first-order valence-corrected chi connectivity index (χ1v) is 6.12. The minimum atomic E-state index is -4.24. The molecule has 19 heavy (non-hydrogen) atoms. The Hall–Kier alpha value is -1.30. The third-order valence-corrected chi connectivity index (χ3v) is 3.42. The number of benzene rings is 1. The van der Waals surface area contributed by atoms with Crippen LogP contribution in [0.3, 0.4) is 0 Å². The van der Waals surface area contributed by atoms with Crippen molar-refractivity contribution in [3.63, 3.8) is 0 Å². The van der Waals surface area contributed by atoms with Gasteiger partial charge in [-0.25, -0.2) is 4.39 Å². The van der Waals surface area contributed by atoms with Gasteiger partial charge in [-0.2, -0.15) is 13.2 Å². The molecule has 0 radical (unpaired) electrons. The first-order valence-electron chi connectivity index (χ1n) is 6.12. The molecule has 1 aliphatic rings. The summed E-state index contributed by atoms with van der Waals surface area (Å²) >= 11 is 0. The van der Waals surface area contributed by atoms with Crippen LogP contribution in [0.1, 0.15) is 18.4 Å². The van der Waals surface area contributed by atoms with E-state index >= 15 is 0 Å². The lowest BCUT2D eigenvalue weighted by Crippen LogP contribution is -2.42. The third-order valence-electron chi connectivity index (χ3n) is 3.42. The van der Waals surface area contributed by atoms with E-state index in [4.69, 9.17) is 5.11 Å². The lowest BCUT2D eigenvalue weighted by atomic mass is 9.97. The second kappa shape index (κ2) is 5.36. The van der Waals surface area contributed by atoms with Crippen LogP contribution in [0.25, 0.3) is 0 Å². The number of aliphatic hydroxyl groups excluding tert-OH is 1. The highest BCUT2D eigenvalue weighted by Gasteiger charge is 2.42. The minimum Gasteiger partial charge on any atom is -0.392 e. The van der Waals surface area contributed by atoms with Crippen molar-refractivity contribution in [2.75, 3.05) is 18.0 Å². The standard InChI is InChI=1S/C13H15F4NO/c14-11-6-9(8-19)3-4-12(11)18-5-1-2-10(7-18)13(15,16)17/h3-4,6,10,19H,1-2,5,7-8H2. The van der Waals surface area contributed by atoms with Gasteiger partial charge in [0.15, 0.2) is 0 Å². The molecule has 2 nitrogen and oxygen atoms in total. The molecule has 6 heteroatoms. The summed E-state index contributed by atoms with van der Waals surface area (Å²) < 4.78 is 51.9. The zero-order valence-electron chi connectivity index (χ0n) is 10.3. The molecule has 0 spiro atoms. The number of nitrogens with zero attached hydrogens (tertiary/aromatic N) is 1. The van der Waals surface area contributed by atoms with Crippen molar-refractivity contribution in [1.82, 2.24) is 0 Å². The average Bonchev–Trinajstić information content (AvgIpc) is 2.37. The quantitative estimate of drug-likeness (QED) is 0.840. The van der Waals surface area contributed by atoms with Crippen LogP contribution in [0.4, 0.5) is 23.2 Å². The molecule has 0 amide bonds. The van der Waals surface area contributed by atoms with E-state index in [-0.39, 0.29) is 25.3 Å². The molecule has 106 valence electrons.